The summed E-state index contributed by atoms with van der Waals surface area (Å²) in [4.78, 5) is 21.8. The molecule has 3 aromatic rings. The van der Waals surface area contributed by atoms with Crippen molar-refractivity contribution in [2.75, 3.05) is 0 Å². The number of benzene rings is 2. The Morgan fingerprint density at radius 2 is 1.84 bits per heavy atom. The van der Waals surface area contributed by atoms with Crippen molar-refractivity contribution in [2.24, 2.45) is 10.1 Å². The van der Waals surface area contributed by atoms with Crippen LogP contribution in [0.1, 0.15) is 5.56 Å². The third-order valence-corrected chi connectivity index (χ3v) is 5.39. The molecule has 0 aliphatic heterocycles. The van der Waals surface area contributed by atoms with Gasteiger partial charge in [-0.2, -0.15) is 8.42 Å². The van der Waals surface area contributed by atoms with Crippen molar-refractivity contribution in [1.29, 1.82) is 0 Å². The van der Waals surface area contributed by atoms with Gasteiger partial charge >= 0.3 is 0 Å². The van der Waals surface area contributed by atoms with E-state index in [4.69, 9.17) is 10.5 Å². The van der Waals surface area contributed by atoms with Crippen LogP contribution < -0.4 is 16.0 Å². The van der Waals surface area contributed by atoms with Crippen LogP contribution >= 0.6 is 0 Å². The second-order valence-corrected chi connectivity index (χ2v) is 8.16. The van der Waals surface area contributed by atoms with Gasteiger partial charge in [0.2, 0.25) is 5.91 Å². The maximum atomic E-state index is 12.6. The zero-order valence-corrected chi connectivity index (χ0v) is 17.2. The summed E-state index contributed by atoms with van der Waals surface area (Å²) in [6.07, 6.45) is 1.34. The number of nitro benzene ring substituents is 1. The number of rotatable bonds is 7. The molecule has 3 rings (SSSR count). The second kappa shape index (κ2) is 8.79. The summed E-state index contributed by atoms with van der Waals surface area (Å²) in [6.45, 7) is 1.48. The summed E-state index contributed by atoms with van der Waals surface area (Å²) in [5, 5.41) is 10.9. The number of aryl methyl sites for hydroxylation is 1. The van der Waals surface area contributed by atoms with E-state index in [2.05, 4.69) is 4.40 Å². The zero-order chi connectivity index (χ0) is 22.6. The summed E-state index contributed by atoms with van der Waals surface area (Å²) in [7, 11) is -4.04. The van der Waals surface area contributed by atoms with Crippen LogP contribution in [0.15, 0.2) is 76.2 Å². The Labute approximate surface area is 177 Å². The van der Waals surface area contributed by atoms with Crippen LogP contribution in [0, 0.1) is 17.0 Å². The normalized spacial score (nSPS) is 11.8. The molecule has 10 nitrogen and oxygen atoms in total. The van der Waals surface area contributed by atoms with E-state index in [-0.39, 0.29) is 34.1 Å². The van der Waals surface area contributed by atoms with Crippen molar-refractivity contribution in [1.82, 2.24) is 4.57 Å². The van der Waals surface area contributed by atoms with Crippen molar-refractivity contribution in [3.05, 3.63) is 88.0 Å². The van der Waals surface area contributed by atoms with Crippen molar-refractivity contribution in [2.45, 2.75) is 18.4 Å². The molecule has 31 heavy (non-hydrogen) atoms. The predicted molar refractivity (Wildman–Crippen MR) is 111 cm³/mol. The molecule has 2 aromatic carbocycles. The molecule has 0 radical (unpaired) electrons. The minimum atomic E-state index is -4.04. The molecule has 0 unspecified atom stereocenters. The lowest BCUT2D eigenvalue weighted by atomic mass is 10.2. The number of carbonyl (C=O) groups is 1. The van der Waals surface area contributed by atoms with Crippen molar-refractivity contribution in [3.8, 4) is 11.5 Å². The second-order valence-electron chi connectivity index (χ2n) is 6.55. The first-order valence-electron chi connectivity index (χ1n) is 8.93. The van der Waals surface area contributed by atoms with Gasteiger partial charge in [-0.25, -0.2) is 0 Å². The number of pyridine rings is 1. The van der Waals surface area contributed by atoms with E-state index in [0.717, 1.165) is 5.56 Å². The van der Waals surface area contributed by atoms with Crippen LogP contribution in [0.2, 0.25) is 0 Å². The zero-order valence-electron chi connectivity index (χ0n) is 16.3. The summed E-state index contributed by atoms with van der Waals surface area (Å²) in [6, 6.07) is 14.5. The average molecular weight is 442 g/mol. The number of amides is 1. The van der Waals surface area contributed by atoms with Gasteiger partial charge in [0, 0.05) is 12.3 Å². The quantitative estimate of drug-likeness (QED) is 0.438. The van der Waals surface area contributed by atoms with Crippen LogP contribution in [0.4, 0.5) is 5.69 Å². The number of hydrogen-bond donors (Lipinski definition) is 1. The minimum absolute atomic E-state index is 0.000599. The molecule has 0 atom stereocenters. The Kier molecular flexibility index (Phi) is 6.16. The highest BCUT2D eigenvalue weighted by Gasteiger charge is 2.14. The summed E-state index contributed by atoms with van der Waals surface area (Å²) in [5.41, 5.74) is 5.98. The smallest absolute Gasteiger partial charge is 0.284 e. The summed E-state index contributed by atoms with van der Waals surface area (Å²) in [5.74, 6) is -0.327. The number of carbonyl (C=O) groups excluding carboxylic acids is 1. The Morgan fingerprint density at radius 1 is 1.13 bits per heavy atom. The molecule has 11 heteroatoms. The number of primary amides is 1. The lowest BCUT2D eigenvalue weighted by Crippen LogP contribution is -2.28. The molecular formula is C20H18N4O6S. The van der Waals surface area contributed by atoms with Crippen LogP contribution in [0.25, 0.3) is 0 Å². The van der Waals surface area contributed by atoms with Gasteiger partial charge in [-0.3, -0.25) is 14.9 Å². The van der Waals surface area contributed by atoms with Crippen LogP contribution in [-0.4, -0.2) is 23.8 Å². The Morgan fingerprint density at radius 3 is 2.48 bits per heavy atom. The Bertz CT molecular complexity index is 1310. The highest BCUT2D eigenvalue weighted by Crippen LogP contribution is 2.24. The van der Waals surface area contributed by atoms with Crippen molar-refractivity contribution in [3.63, 3.8) is 0 Å². The van der Waals surface area contributed by atoms with Gasteiger partial charge < -0.3 is 15.0 Å². The van der Waals surface area contributed by atoms with E-state index in [1.54, 1.807) is 12.1 Å². The minimum Gasteiger partial charge on any atom is -0.456 e. The third-order valence-electron chi connectivity index (χ3n) is 4.10. The van der Waals surface area contributed by atoms with Gasteiger partial charge in [0.15, 0.2) is 0 Å². The van der Waals surface area contributed by atoms with Gasteiger partial charge in [0.1, 0.15) is 23.5 Å². The molecule has 2 N–H and O–H groups in total. The van der Waals surface area contributed by atoms with E-state index < -0.39 is 20.9 Å². The van der Waals surface area contributed by atoms with Crippen LogP contribution in [0.5, 0.6) is 11.5 Å². The fourth-order valence-corrected chi connectivity index (χ4v) is 3.63. The molecule has 160 valence electrons. The molecule has 1 heterocycles. The number of nitro groups is 1. The van der Waals surface area contributed by atoms with Gasteiger partial charge in [-0.15, -0.1) is 4.40 Å². The number of non-ortho nitro benzene ring substituents is 1. The number of nitrogens with two attached hydrogens (primary N) is 1. The Hall–Kier alpha value is -3.99. The summed E-state index contributed by atoms with van der Waals surface area (Å²) >= 11 is 0. The van der Waals surface area contributed by atoms with E-state index in [1.807, 2.05) is 6.92 Å². The fourth-order valence-electron chi connectivity index (χ4n) is 2.64. The molecule has 0 saturated carbocycles. The largest absolute Gasteiger partial charge is 0.456 e. The number of nitrogens with zero attached hydrogens (tertiary/aromatic N) is 3. The molecule has 0 aliphatic rings. The Balaban J connectivity index is 2.01. The van der Waals surface area contributed by atoms with E-state index in [1.165, 1.54) is 59.3 Å². The third kappa shape index (κ3) is 5.54. The number of sulfonamides is 1. The number of aromatic nitrogens is 1. The maximum absolute atomic E-state index is 12.6. The highest BCUT2D eigenvalue weighted by molar-refractivity contribution is 7.90. The van der Waals surface area contributed by atoms with Crippen LogP contribution in [0.3, 0.4) is 0 Å². The van der Waals surface area contributed by atoms with E-state index in [9.17, 15) is 23.3 Å². The van der Waals surface area contributed by atoms with Gasteiger partial charge in [-0.1, -0.05) is 23.8 Å². The lowest BCUT2D eigenvalue weighted by Gasteiger charge is -2.10. The highest BCUT2D eigenvalue weighted by atomic mass is 32.2. The first kappa shape index (κ1) is 21.7. The predicted octanol–water partition coefficient (Wildman–Crippen LogP) is 2.27. The van der Waals surface area contributed by atoms with Gasteiger partial charge in [-0.05, 0) is 37.3 Å². The topological polar surface area (TPSA) is 147 Å². The molecule has 0 aliphatic carbocycles. The molecule has 0 saturated heterocycles. The monoisotopic (exact) mass is 442 g/mol. The molecule has 0 fully saturated rings. The maximum Gasteiger partial charge on any atom is 0.284 e. The molecule has 0 bridgehead atoms. The van der Waals surface area contributed by atoms with Gasteiger partial charge in [0.05, 0.1) is 15.9 Å². The molecule has 1 aromatic heterocycles. The summed E-state index contributed by atoms with van der Waals surface area (Å²) < 4.78 is 35.9. The van der Waals surface area contributed by atoms with Crippen LogP contribution in [-0.2, 0) is 21.4 Å². The van der Waals surface area contributed by atoms with Gasteiger partial charge in [0.25, 0.3) is 15.7 Å². The molecule has 0 spiro atoms. The SMILES string of the molecule is Cc1ccc(S(=O)(=O)/N=c2/ccc(Oc3cccc([N+](=O)[O-])c3)cn2CC(N)=O)cc1. The average Bonchev–Trinajstić information content (AvgIpc) is 2.70. The lowest BCUT2D eigenvalue weighted by molar-refractivity contribution is -0.384. The van der Waals surface area contributed by atoms with Crippen molar-refractivity contribution >= 4 is 21.6 Å². The standard InChI is InChI=1S/C20H18N4O6S/c1-14-5-8-18(9-6-14)31(28,29)22-20-10-7-17(12-23(20)13-19(21)25)30-16-4-2-3-15(11-16)24(26)27/h2-12H,13H2,1H3,(H2,21,25)/b22-20-. The van der Waals surface area contributed by atoms with E-state index in [0.29, 0.717) is 0 Å². The molecule has 1 amide bonds. The van der Waals surface area contributed by atoms with Crippen molar-refractivity contribution < 1.29 is 22.9 Å². The number of hydrogen-bond acceptors (Lipinski definition) is 6. The fraction of sp³-hybridized carbons (Fsp3) is 0.100. The van der Waals surface area contributed by atoms with E-state index >= 15 is 0 Å². The molecular weight excluding hydrogens is 424 g/mol. The first-order valence-corrected chi connectivity index (χ1v) is 10.4. The number of ether oxygens (including phenoxy) is 1. The first-order chi connectivity index (χ1) is 14.6.